The van der Waals surface area contributed by atoms with Crippen LogP contribution >= 0.6 is 0 Å². The SMILES string of the molecule is CCN(C(C)CN(C)C)S(=O)(=O)c1ccn[nH]1. The molecule has 0 aliphatic heterocycles. The number of H-pyrrole nitrogens is 1. The van der Waals surface area contributed by atoms with E-state index in [-0.39, 0.29) is 11.1 Å². The molecule has 6 nitrogen and oxygen atoms in total. The third-order valence-corrected chi connectivity index (χ3v) is 4.51. The zero-order chi connectivity index (χ0) is 13.1. The molecule has 1 atom stereocenters. The summed E-state index contributed by atoms with van der Waals surface area (Å²) in [5, 5.41) is 6.33. The fourth-order valence-corrected chi connectivity index (χ4v) is 3.39. The maximum atomic E-state index is 12.3. The van der Waals surface area contributed by atoms with Gasteiger partial charge in [0.25, 0.3) is 10.0 Å². The van der Waals surface area contributed by atoms with E-state index in [4.69, 9.17) is 0 Å². The van der Waals surface area contributed by atoms with E-state index >= 15 is 0 Å². The molecule has 1 rings (SSSR count). The summed E-state index contributed by atoms with van der Waals surface area (Å²) in [4.78, 5) is 1.97. The highest BCUT2D eigenvalue weighted by atomic mass is 32.2. The molecule has 0 bridgehead atoms. The molecule has 0 aromatic carbocycles. The molecule has 0 fully saturated rings. The average molecular weight is 260 g/mol. The first kappa shape index (κ1) is 14.1. The quantitative estimate of drug-likeness (QED) is 0.802. The Morgan fingerprint density at radius 2 is 2.12 bits per heavy atom. The summed E-state index contributed by atoms with van der Waals surface area (Å²) in [7, 11) is 0.383. The molecule has 98 valence electrons. The average Bonchev–Trinajstić information content (AvgIpc) is 2.69. The predicted molar refractivity (Wildman–Crippen MR) is 66.2 cm³/mol. The van der Waals surface area contributed by atoms with Crippen molar-refractivity contribution in [2.45, 2.75) is 24.9 Å². The molecule has 17 heavy (non-hydrogen) atoms. The Balaban J connectivity index is 2.94. The zero-order valence-corrected chi connectivity index (χ0v) is 11.5. The van der Waals surface area contributed by atoms with E-state index < -0.39 is 10.0 Å². The topological polar surface area (TPSA) is 69.3 Å². The van der Waals surface area contributed by atoms with Gasteiger partial charge in [0, 0.05) is 19.1 Å². The summed E-state index contributed by atoms with van der Waals surface area (Å²) in [5.41, 5.74) is 0. The fourth-order valence-electron chi connectivity index (χ4n) is 1.85. The highest BCUT2D eigenvalue weighted by molar-refractivity contribution is 7.89. The Morgan fingerprint density at radius 1 is 1.47 bits per heavy atom. The van der Waals surface area contributed by atoms with Gasteiger partial charge in [-0.15, -0.1) is 0 Å². The molecule has 1 unspecified atom stereocenters. The molecule has 7 heteroatoms. The van der Waals surface area contributed by atoms with Crippen LogP contribution in [0.3, 0.4) is 0 Å². The highest BCUT2D eigenvalue weighted by Gasteiger charge is 2.28. The number of likely N-dealkylation sites (N-methyl/N-ethyl adjacent to an activating group) is 2. The van der Waals surface area contributed by atoms with Crippen molar-refractivity contribution in [3.8, 4) is 0 Å². The molecule has 0 radical (unpaired) electrons. The van der Waals surface area contributed by atoms with E-state index in [0.29, 0.717) is 13.1 Å². The van der Waals surface area contributed by atoms with E-state index in [1.54, 1.807) is 0 Å². The summed E-state index contributed by atoms with van der Waals surface area (Å²) in [6, 6.07) is 1.39. The van der Waals surface area contributed by atoms with Crippen LogP contribution in [0.25, 0.3) is 0 Å². The molecule has 0 saturated heterocycles. The molecule has 0 spiro atoms. The molecular formula is C10H20N4O2S. The maximum absolute atomic E-state index is 12.3. The minimum atomic E-state index is -3.46. The second-order valence-electron chi connectivity index (χ2n) is 4.24. The van der Waals surface area contributed by atoms with Crippen molar-refractivity contribution in [2.24, 2.45) is 0 Å². The lowest BCUT2D eigenvalue weighted by Crippen LogP contribution is -2.43. The van der Waals surface area contributed by atoms with Crippen molar-refractivity contribution in [3.63, 3.8) is 0 Å². The van der Waals surface area contributed by atoms with Gasteiger partial charge in [-0.05, 0) is 27.1 Å². The van der Waals surface area contributed by atoms with Crippen molar-refractivity contribution >= 4 is 10.0 Å². The van der Waals surface area contributed by atoms with Crippen molar-refractivity contribution in [2.75, 3.05) is 27.2 Å². The third-order valence-electron chi connectivity index (χ3n) is 2.49. The van der Waals surface area contributed by atoms with Crippen LogP contribution in [-0.4, -0.2) is 61.0 Å². The maximum Gasteiger partial charge on any atom is 0.260 e. The number of aromatic nitrogens is 2. The Bertz CT molecular complexity index is 427. The van der Waals surface area contributed by atoms with E-state index in [0.717, 1.165) is 0 Å². The first-order chi connectivity index (χ1) is 7.89. The fraction of sp³-hybridized carbons (Fsp3) is 0.700. The van der Waals surface area contributed by atoms with Gasteiger partial charge >= 0.3 is 0 Å². The monoisotopic (exact) mass is 260 g/mol. The molecule has 1 aromatic heterocycles. The van der Waals surface area contributed by atoms with E-state index in [2.05, 4.69) is 10.2 Å². The van der Waals surface area contributed by atoms with Crippen LogP contribution in [0.5, 0.6) is 0 Å². The number of nitrogens with one attached hydrogen (secondary N) is 1. The number of sulfonamides is 1. The van der Waals surface area contributed by atoms with Crippen LogP contribution in [0.1, 0.15) is 13.8 Å². The van der Waals surface area contributed by atoms with Crippen LogP contribution in [0.2, 0.25) is 0 Å². The van der Waals surface area contributed by atoms with Gasteiger partial charge in [-0.1, -0.05) is 6.92 Å². The Labute approximate surface area is 103 Å². The second kappa shape index (κ2) is 5.61. The van der Waals surface area contributed by atoms with Crippen molar-refractivity contribution in [1.82, 2.24) is 19.4 Å². The summed E-state index contributed by atoms with van der Waals surface area (Å²) in [5.74, 6) is 0. The first-order valence-corrected chi connectivity index (χ1v) is 6.99. The summed E-state index contributed by atoms with van der Waals surface area (Å²) in [6.07, 6.45) is 1.44. The van der Waals surface area contributed by atoms with E-state index in [1.807, 2.05) is 32.8 Å². The third kappa shape index (κ3) is 3.27. The number of nitrogens with zero attached hydrogens (tertiary/aromatic N) is 3. The smallest absolute Gasteiger partial charge is 0.260 e. The van der Waals surface area contributed by atoms with Gasteiger partial charge in [0.15, 0.2) is 5.03 Å². The molecule has 0 aliphatic rings. The molecular weight excluding hydrogens is 240 g/mol. The Morgan fingerprint density at radius 3 is 2.53 bits per heavy atom. The van der Waals surface area contributed by atoms with Gasteiger partial charge in [-0.2, -0.15) is 9.40 Å². The van der Waals surface area contributed by atoms with Crippen LogP contribution < -0.4 is 0 Å². The largest absolute Gasteiger partial charge is 0.308 e. The lowest BCUT2D eigenvalue weighted by molar-refractivity contribution is 0.271. The number of rotatable bonds is 6. The highest BCUT2D eigenvalue weighted by Crippen LogP contribution is 2.15. The van der Waals surface area contributed by atoms with Crippen LogP contribution in [0.4, 0.5) is 0 Å². The molecule has 0 saturated carbocycles. The molecule has 1 heterocycles. The number of aromatic amines is 1. The van der Waals surface area contributed by atoms with Gasteiger partial charge in [0.2, 0.25) is 0 Å². The van der Waals surface area contributed by atoms with Gasteiger partial charge in [-0.3, -0.25) is 5.10 Å². The Kier molecular flexibility index (Phi) is 4.67. The minimum Gasteiger partial charge on any atom is -0.308 e. The van der Waals surface area contributed by atoms with Crippen LogP contribution in [0, 0.1) is 0 Å². The zero-order valence-electron chi connectivity index (χ0n) is 10.7. The van der Waals surface area contributed by atoms with E-state index in [9.17, 15) is 8.42 Å². The number of hydrogen-bond acceptors (Lipinski definition) is 4. The lowest BCUT2D eigenvalue weighted by atomic mass is 10.3. The van der Waals surface area contributed by atoms with Gasteiger partial charge in [-0.25, -0.2) is 8.42 Å². The van der Waals surface area contributed by atoms with Crippen molar-refractivity contribution < 1.29 is 8.42 Å². The summed E-state index contributed by atoms with van der Waals surface area (Å²) < 4.78 is 26.0. The Hall–Kier alpha value is -0.920. The second-order valence-corrected chi connectivity index (χ2v) is 6.10. The molecule has 0 amide bonds. The standard InChI is InChI=1S/C10H20N4O2S/c1-5-14(9(2)8-13(3)4)17(15,16)10-6-7-11-12-10/h6-7,9H,5,8H2,1-4H3,(H,11,12). The summed E-state index contributed by atoms with van der Waals surface area (Å²) >= 11 is 0. The minimum absolute atomic E-state index is 0.0803. The van der Waals surface area contributed by atoms with Gasteiger partial charge in [0.05, 0.1) is 6.20 Å². The van der Waals surface area contributed by atoms with Crippen LogP contribution in [-0.2, 0) is 10.0 Å². The van der Waals surface area contributed by atoms with Crippen molar-refractivity contribution in [1.29, 1.82) is 0 Å². The molecule has 1 aromatic rings. The predicted octanol–water partition coefficient (Wildman–Crippen LogP) is 0.370. The van der Waals surface area contributed by atoms with Crippen LogP contribution in [0.15, 0.2) is 17.3 Å². The first-order valence-electron chi connectivity index (χ1n) is 5.55. The van der Waals surface area contributed by atoms with Gasteiger partial charge < -0.3 is 4.90 Å². The van der Waals surface area contributed by atoms with Crippen molar-refractivity contribution in [3.05, 3.63) is 12.3 Å². The van der Waals surface area contributed by atoms with Gasteiger partial charge in [0.1, 0.15) is 0 Å². The normalized spacial score (nSPS) is 14.5. The lowest BCUT2D eigenvalue weighted by Gasteiger charge is -2.28. The molecule has 0 aliphatic carbocycles. The molecule has 1 N–H and O–H groups in total. The number of hydrogen-bond donors (Lipinski definition) is 1. The van der Waals surface area contributed by atoms with E-state index in [1.165, 1.54) is 16.6 Å². The summed E-state index contributed by atoms with van der Waals surface area (Å²) in [6.45, 7) is 4.86.